The van der Waals surface area contributed by atoms with Crippen LogP contribution >= 0.6 is 11.6 Å². The number of halogens is 1. The number of aromatic nitrogens is 2. The van der Waals surface area contributed by atoms with Gasteiger partial charge in [-0.3, -0.25) is 4.68 Å². The van der Waals surface area contributed by atoms with Gasteiger partial charge >= 0.3 is 0 Å². The summed E-state index contributed by atoms with van der Waals surface area (Å²) < 4.78 is 1.52. The van der Waals surface area contributed by atoms with Crippen molar-refractivity contribution >= 4 is 11.6 Å². The fourth-order valence-electron chi connectivity index (χ4n) is 1.30. The summed E-state index contributed by atoms with van der Waals surface area (Å²) in [7, 11) is 1.72. The molecule has 0 radical (unpaired) electrons. The zero-order valence-electron chi connectivity index (χ0n) is 8.45. The average molecular weight is 213 g/mol. The monoisotopic (exact) mass is 212 g/mol. The molecule has 1 N–H and O–H groups in total. The highest BCUT2D eigenvalue weighted by Crippen LogP contribution is 2.30. The van der Waals surface area contributed by atoms with Crippen molar-refractivity contribution in [1.29, 1.82) is 0 Å². The lowest BCUT2D eigenvalue weighted by atomic mass is 10.0. The molecule has 0 aromatic carbocycles. The molecule has 76 valence electrons. The third-order valence-corrected chi connectivity index (χ3v) is 2.47. The molecular formula is C10H13ClN2O. The molecule has 3 nitrogen and oxygen atoms in total. The number of terminal acetylenes is 1. The minimum Gasteiger partial charge on any atom is -0.376 e. The third-order valence-electron chi connectivity index (χ3n) is 2.02. The molecule has 0 saturated heterocycles. The molecule has 14 heavy (non-hydrogen) atoms. The summed E-state index contributed by atoms with van der Waals surface area (Å²) in [5, 5.41) is 14.2. The number of aliphatic hydroxyl groups is 1. The average Bonchev–Trinajstić information content (AvgIpc) is 2.43. The van der Waals surface area contributed by atoms with E-state index in [1.54, 1.807) is 7.05 Å². The van der Waals surface area contributed by atoms with E-state index in [1.165, 1.54) is 4.68 Å². The summed E-state index contributed by atoms with van der Waals surface area (Å²) in [5.41, 5.74) is 1.30. The molecule has 1 rings (SSSR count). The molecule has 1 atom stereocenters. The Morgan fingerprint density at radius 1 is 1.57 bits per heavy atom. The van der Waals surface area contributed by atoms with Crippen LogP contribution in [0, 0.1) is 12.3 Å². The van der Waals surface area contributed by atoms with Gasteiger partial charge in [0.1, 0.15) is 11.3 Å². The molecule has 0 amide bonds. The molecule has 0 aliphatic carbocycles. The lowest BCUT2D eigenvalue weighted by Gasteiger charge is -2.06. The van der Waals surface area contributed by atoms with E-state index in [4.69, 9.17) is 18.0 Å². The number of nitrogens with zero attached hydrogens (tertiary/aromatic N) is 2. The maximum absolute atomic E-state index is 9.58. The summed E-state index contributed by atoms with van der Waals surface area (Å²) >= 11 is 5.98. The first kappa shape index (κ1) is 11.1. The van der Waals surface area contributed by atoms with Crippen molar-refractivity contribution in [1.82, 2.24) is 9.78 Å². The normalized spacial score (nSPS) is 12.9. The van der Waals surface area contributed by atoms with Crippen molar-refractivity contribution in [2.24, 2.45) is 7.05 Å². The van der Waals surface area contributed by atoms with E-state index in [0.717, 1.165) is 5.69 Å². The van der Waals surface area contributed by atoms with Gasteiger partial charge in [0.15, 0.2) is 0 Å². The van der Waals surface area contributed by atoms with Crippen LogP contribution in [-0.4, -0.2) is 14.9 Å². The molecule has 1 heterocycles. The number of rotatable bonds is 2. The summed E-state index contributed by atoms with van der Waals surface area (Å²) in [6, 6.07) is 0. The Balaban J connectivity index is 3.32. The Morgan fingerprint density at radius 2 is 2.14 bits per heavy atom. The molecule has 0 aliphatic heterocycles. The lowest BCUT2D eigenvalue weighted by Crippen LogP contribution is -1.99. The fraction of sp³-hybridized carbons (Fsp3) is 0.500. The second-order valence-electron chi connectivity index (χ2n) is 3.44. The zero-order chi connectivity index (χ0) is 10.9. The first-order chi connectivity index (χ1) is 6.49. The van der Waals surface area contributed by atoms with E-state index in [-0.39, 0.29) is 5.92 Å². The lowest BCUT2D eigenvalue weighted by molar-refractivity contribution is 0.237. The van der Waals surface area contributed by atoms with Crippen LogP contribution in [0.2, 0.25) is 5.15 Å². The van der Waals surface area contributed by atoms with Gasteiger partial charge in [0.2, 0.25) is 0 Å². The Labute approximate surface area is 88.7 Å². The van der Waals surface area contributed by atoms with E-state index in [0.29, 0.717) is 10.7 Å². The molecule has 1 aromatic rings. The van der Waals surface area contributed by atoms with Crippen molar-refractivity contribution in [2.75, 3.05) is 0 Å². The Hall–Kier alpha value is -0.980. The minimum absolute atomic E-state index is 0.187. The van der Waals surface area contributed by atoms with Gasteiger partial charge in [0.25, 0.3) is 0 Å². The second kappa shape index (κ2) is 4.04. The highest BCUT2D eigenvalue weighted by Gasteiger charge is 2.21. The Kier molecular flexibility index (Phi) is 3.20. The van der Waals surface area contributed by atoms with E-state index in [9.17, 15) is 5.11 Å². The predicted molar refractivity (Wildman–Crippen MR) is 56.1 cm³/mol. The Morgan fingerprint density at radius 3 is 2.57 bits per heavy atom. The zero-order valence-corrected chi connectivity index (χ0v) is 9.21. The second-order valence-corrected chi connectivity index (χ2v) is 3.80. The summed E-state index contributed by atoms with van der Waals surface area (Å²) in [6.07, 6.45) is 4.18. The quantitative estimate of drug-likeness (QED) is 0.760. The van der Waals surface area contributed by atoms with Crippen LogP contribution in [0.15, 0.2) is 0 Å². The van der Waals surface area contributed by atoms with Gasteiger partial charge < -0.3 is 5.11 Å². The largest absolute Gasteiger partial charge is 0.376 e. The van der Waals surface area contributed by atoms with E-state index in [1.807, 2.05) is 13.8 Å². The van der Waals surface area contributed by atoms with Gasteiger partial charge in [-0.2, -0.15) is 5.10 Å². The molecule has 1 aromatic heterocycles. The minimum atomic E-state index is -0.978. The van der Waals surface area contributed by atoms with Gasteiger partial charge in [-0.1, -0.05) is 31.4 Å². The Bertz CT molecular complexity index is 376. The smallest absolute Gasteiger partial charge is 0.144 e. The van der Waals surface area contributed by atoms with Crippen LogP contribution in [-0.2, 0) is 7.05 Å². The number of hydrogen-bond acceptors (Lipinski definition) is 2. The standard InChI is InChI=1S/C10H13ClN2O/c1-5-7(14)8-9(6(2)3)12-13(4)10(8)11/h1,6-7,14H,2-4H3. The van der Waals surface area contributed by atoms with Crippen molar-refractivity contribution in [3.8, 4) is 12.3 Å². The highest BCUT2D eigenvalue weighted by molar-refractivity contribution is 6.30. The molecule has 0 bridgehead atoms. The summed E-state index contributed by atoms with van der Waals surface area (Å²) in [5.74, 6) is 2.44. The van der Waals surface area contributed by atoms with Crippen molar-refractivity contribution in [3.05, 3.63) is 16.4 Å². The van der Waals surface area contributed by atoms with Crippen LogP contribution in [0.5, 0.6) is 0 Å². The topological polar surface area (TPSA) is 38.1 Å². The molecule has 0 saturated carbocycles. The van der Waals surface area contributed by atoms with Crippen LogP contribution in [0.3, 0.4) is 0 Å². The van der Waals surface area contributed by atoms with Crippen LogP contribution in [0.4, 0.5) is 0 Å². The van der Waals surface area contributed by atoms with Crippen LogP contribution < -0.4 is 0 Å². The number of hydrogen-bond donors (Lipinski definition) is 1. The summed E-state index contributed by atoms with van der Waals surface area (Å²) in [4.78, 5) is 0. The van der Waals surface area contributed by atoms with E-state index in [2.05, 4.69) is 11.0 Å². The third kappa shape index (κ3) is 1.77. The molecule has 4 heteroatoms. The molecule has 0 aliphatic rings. The molecular weight excluding hydrogens is 200 g/mol. The van der Waals surface area contributed by atoms with Crippen molar-refractivity contribution < 1.29 is 5.11 Å². The van der Waals surface area contributed by atoms with Gasteiger partial charge in [-0.15, -0.1) is 6.42 Å². The molecule has 0 fully saturated rings. The maximum atomic E-state index is 9.58. The molecule has 1 unspecified atom stereocenters. The molecule has 0 spiro atoms. The number of aliphatic hydroxyl groups excluding tert-OH is 1. The van der Waals surface area contributed by atoms with Crippen LogP contribution in [0.25, 0.3) is 0 Å². The SMILES string of the molecule is C#CC(O)c1c(C(C)C)nn(C)c1Cl. The number of aryl methyl sites for hydroxylation is 1. The summed E-state index contributed by atoms with van der Waals surface area (Å²) in [6.45, 7) is 3.96. The van der Waals surface area contributed by atoms with Gasteiger partial charge in [0, 0.05) is 7.05 Å². The first-order valence-electron chi connectivity index (χ1n) is 4.35. The van der Waals surface area contributed by atoms with Crippen molar-refractivity contribution in [2.45, 2.75) is 25.9 Å². The highest BCUT2D eigenvalue weighted by atomic mass is 35.5. The van der Waals surface area contributed by atoms with Gasteiger partial charge in [0.05, 0.1) is 11.3 Å². The van der Waals surface area contributed by atoms with Gasteiger partial charge in [-0.25, -0.2) is 0 Å². The van der Waals surface area contributed by atoms with Crippen molar-refractivity contribution in [3.63, 3.8) is 0 Å². The van der Waals surface area contributed by atoms with E-state index < -0.39 is 6.10 Å². The van der Waals surface area contributed by atoms with E-state index >= 15 is 0 Å². The van der Waals surface area contributed by atoms with Gasteiger partial charge in [-0.05, 0) is 5.92 Å². The fourth-order valence-corrected chi connectivity index (χ4v) is 1.54. The maximum Gasteiger partial charge on any atom is 0.144 e. The predicted octanol–water partition coefficient (Wildman–Crippen LogP) is 1.86. The first-order valence-corrected chi connectivity index (χ1v) is 4.73. The van der Waals surface area contributed by atoms with Crippen LogP contribution in [0.1, 0.15) is 37.1 Å².